The van der Waals surface area contributed by atoms with Crippen molar-refractivity contribution < 1.29 is 22.0 Å². The standard InChI is InChI=1S/C28H17Cl2F5N2/c29-20-9-7-17(24(31)13-20)11-16-3-1-4-18(12-16)27-22-5-2-6-23(28(33,34)35)26(22)36-37(27)15-19-8-10-21(30)14-25(19)32/h1-10,12-14H,11,15H2. The first-order chi connectivity index (χ1) is 17.6. The minimum absolute atomic E-state index is 0.125. The van der Waals surface area contributed by atoms with E-state index in [4.69, 9.17) is 23.2 Å². The van der Waals surface area contributed by atoms with Crippen LogP contribution in [0.4, 0.5) is 22.0 Å². The van der Waals surface area contributed by atoms with Gasteiger partial charge in [-0.05, 0) is 47.5 Å². The molecule has 0 amide bonds. The molecule has 9 heteroatoms. The summed E-state index contributed by atoms with van der Waals surface area (Å²) in [5.74, 6) is -1.05. The van der Waals surface area contributed by atoms with Gasteiger partial charge in [-0.15, -0.1) is 0 Å². The van der Waals surface area contributed by atoms with Crippen LogP contribution in [0.3, 0.4) is 0 Å². The number of alkyl halides is 3. The Kier molecular flexibility index (Phi) is 6.68. The highest BCUT2D eigenvalue weighted by atomic mass is 35.5. The fraction of sp³-hybridized carbons (Fsp3) is 0.107. The first kappa shape index (κ1) is 25.2. The summed E-state index contributed by atoms with van der Waals surface area (Å²) in [7, 11) is 0. The third-order valence-corrected chi connectivity index (χ3v) is 6.49. The quantitative estimate of drug-likeness (QED) is 0.201. The number of hydrogen-bond acceptors (Lipinski definition) is 1. The molecular formula is C28H17Cl2F5N2. The number of benzene rings is 4. The maximum atomic E-state index is 14.6. The molecule has 188 valence electrons. The first-order valence-corrected chi connectivity index (χ1v) is 11.9. The molecule has 0 aliphatic rings. The molecular weight excluding hydrogens is 530 g/mol. The highest BCUT2D eigenvalue weighted by Gasteiger charge is 2.34. The largest absolute Gasteiger partial charge is 0.418 e. The van der Waals surface area contributed by atoms with E-state index in [-0.39, 0.29) is 39.5 Å². The van der Waals surface area contributed by atoms with Gasteiger partial charge in [-0.2, -0.15) is 18.3 Å². The Morgan fingerprint density at radius 2 is 1.41 bits per heavy atom. The normalized spacial score (nSPS) is 11.9. The van der Waals surface area contributed by atoms with E-state index in [9.17, 15) is 22.0 Å². The van der Waals surface area contributed by atoms with Crippen molar-refractivity contribution in [1.82, 2.24) is 9.78 Å². The van der Waals surface area contributed by atoms with Crippen LogP contribution < -0.4 is 0 Å². The molecule has 2 nitrogen and oxygen atoms in total. The van der Waals surface area contributed by atoms with Gasteiger partial charge in [0.15, 0.2) is 0 Å². The van der Waals surface area contributed by atoms with Crippen LogP contribution >= 0.6 is 23.2 Å². The Morgan fingerprint density at radius 3 is 2.05 bits per heavy atom. The molecule has 0 bridgehead atoms. The number of rotatable bonds is 5. The van der Waals surface area contributed by atoms with Gasteiger partial charge < -0.3 is 0 Å². The average Bonchev–Trinajstić information content (AvgIpc) is 3.20. The Balaban J connectivity index is 1.66. The van der Waals surface area contributed by atoms with E-state index in [0.717, 1.165) is 17.7 Å². The zero-order valence-electron chi connectivity index (χ0n) is 19.0. The van der Waals surface area contributed by atoms with Crippen molar-refractivity contribution in [3.8, 4) is 11.3 Å². The van der Waals surface area contributed by atoms with Crippen LogP contribution in [-0.2, 0) is 19.1 Å². The van der Waals surface area contributed by atoms with Gasteiger partial charge >= 0.3 is 6.18 Å². The highest BCUT2D eigenvalue weighted by molar-refractivity contribution is 6.30. The third kappa shape index (κ3) is 5.20. The second-order valence-corrected chi connectivity index (χ2v) is 9.43. The molecule has 0 N–H and O–H groups in total. The SMILES string of the molecule is Fc1cc(Cl)ccc1Cc1cccc(-c2c3cccc(C(F)(F)F)c3nn2Cc2ccc(Cl)cc2F)c1. The smallest absolute Gasteiger partial charge is 0.259 e. The molecule has 1 aromatic heterocycles. The summed E-state index contributed by atoms with van der Waals surface area (Å²) in [6, 6.07) is 19.4. The van der Waals surface area contributed by atoms with Crippen LogP contribution in [0.5, 0.6) is 0 Å². The molecule has 0 spiro atoms. The van der Waals surface area contributed by atoms with Gasteiger partial charge in [0.2, 0.25) is 0 Å². The van der Waals surface area contributed by atoms with E-state index in [0.29, 0.717) is 16.8 Å². The summed E-state index contributed by atoms with van der Waals surface area (Å²) in [5.41, 5.74) is 1.17. The molecule has 5 aromatic rings. The summed E-state index contributed by atoms with van der Waals surface area (Å²) in [6.45, 7) is -0.125. The molecule has 0 aliphatic heterocycles. The lowest BCUT2D eigenvalue weighted by Gasteiger charge is -2.11. The van der Waals surface area contributed by atoms with Crippen LogP contribution in [0.2, 0.25) is 10.0 Å². The summed E-state index contributed by atoms with van der Waals surface area (Å²) >= 11 is 11.7. The minimum Gasteiger partial charge on any atom is -0.259 e. The van der Waals surface area contributed by atoms with Gasteiger partial charge in [0, 0.05) is 33.0 Å². The monoisotopic (exact) mass is 546 g/mol. The van der Waals surface area contributed by atoms with Gasteiger partial charge in [0.05, 0.1) is 17.8 Å². The molecule has 5 rings (SSSR count). The lowest BCUT2D eigenvalue weighted by molar-refractivity contribution is -0.136. The summed E-state index contributed by atoms with van der Waals surface area (Å²) in [5, 5.41) is 5.02. The van der Waals surface area contributed by atoms with Crippen molar-refractivity contribution in [1.29, 1.82) is 0 Å². The van der Waals surface area contributed by atoms with Crippen LogP contribution in [0.15, 0.2) is 78.9 Å². The fourth-order valence-corrected chi connectivity index (χ4v) is 4.64. The Bertz CT molecular complexity index is 1630. The number of nitrogens with zero attached hydrogens (tertiary/aromatic N) is 2. The molecule has 0 saturated heterocycles. The molecule has 4 aromatic carbocycles. The lowest BCUT2D eigenvalue weighted by Crippen LogP contribution is -2.07. The van der Waals surface area contributed by atoms with Gasteiger partial charge in [-0.3, -0.25) is 4.68 Å². The van der Waals surface area contributed by atoms with E-state index in [1.165, 1.54) is 28.9 Å². The molecule has 0 aliphatic carbocycles. The van der Waals surface area contributed by atoms with Gasteiger partial charge in [-0.1, -0.05) is 65.7 Å². The van der Waals surface area contributed by atoms with Gasteiger partial charge in [-0.25, -0.2) is 8.78 Å². The Labute approximate surface area is 218 Å². The van der Waals surface area contributed by atoms with Crippen molar-refractivity contribution in [2.45, 2.75) is 19.1 Å². The number of hydrogen-bond donors (Lipinski definition) is 0. The summed E-state index contributed by atoms with van der Waals surface area (Å²) in [4.78, 5) is 0. The molecule has 0 saturated carbocycles. The zero-order chi connectivity index (χ0) is 26.3. The Hall–Kier alpha value is -3.42. The van der Waals surface area contributed by atoms with Gasteiger partial charge in [0.25, 0.3) is 0 Å². The predicted molar refractivity (Wildman–Crippen MR) is 135 cm³/mol. The van der Waals surface area contributed by atoms with Crippen LogP contribution in [0.25, 0.3) is 22.2 Å². The fourth-order valence-electron chi connectivity index (χ4n) is 4.32. The van der Waals surface area contributed by atoms with E-state index < -0.39 is 23.4 Å². The summed E-state index contributed by atoms with van der Waals surface area (Å²) in [6.07, 6.45) is -4.39. The van der Waals surface area contributed by atoms with E-state index in [2.05, 4.69) is 5.10 Å². The van der Waals surface area contributed by atoms with Crippen molar-refractivity contribution in [2.24, 2.45) is 0 Å². The van der Waals surface area contributed by atoms with E-state index in [1.807, 2.05) is 0 Å². The number of halogens is 7. The molecule has 0 atom stereocenters. The molecule has 37 heavy (non-hydrogen) atoms. The number of aromatic nitrogens is 2. The van der Waals surface area contributed by atoms with Crippen molar-refractivity contribution in [2.75, 3.05) is 0 Å². The van der Waals surface area contributed by atoms with Crippen LogP contribution in [0, 0.1) is 11.6 Å². The van der Waals surface area contributed by atoms with E-state index in [1.54, 1.807) is 42.5 Å². The molecule has 0 fully saturated rings. The van der Waals surface area contributed by atoms with E-state index >= 15 is 0 Å². The molecule has 0 radical (unpaired) electrons. The second kappa shape index (κ2) is 9.80. The van der Waals surface area contributed by atoms with Crippen molar-refractivity contribution >= 4 is 34.1 Å². The van der Waals surface area contributed by atoms with Crippen molar-refractivity contribution in [3.63, 3.8) is 0 Å². The third-order valence-electron chi connectivity index (χ3n) is 6.02. The average molecular weight is 547 g/mol. The number of fused-ring (bicyclic) bond motifs is 1. The summed E-state index contributed by atoms with van der Waals surface area (Å²) < 4.78 is 71.8. The minimum atomic E-state index is -4.63. The highest BCUT2D eigenvalue weighted by Crippen LogP contribution is 2.38. The van der Waals surface area contributed by atoms with Crippen LogP contribution in [0.1, 0.15) is 22.3 Å². The molecule has 0 unspecified atom stereocenters. The maximum Gasteiger partial charge on any atom is 0.418 e. The Morgan fingerprint density at radius 1 is 0.757 bits per heavy atom. The van der Waals surface area contributed by atoms with Crippen LogP contribution in [-0.4, -0.2) is 9.78 Å². The zero-order valence-corrected chi connectivity index (χ0v) is 20.5. The second-order valence-electron chi connectivity index (χ2n) is 8.55. The lowest BCUT2D eigenvalue weighted by atomic mass is 9.99. The first-order valence-electron chi connectivity index (χ1n) is 11.1. The topological polar surface area (TPSA) is 17.8 Å². The molecule has 1 heterocycles. The maximum absolute atomic E-state index is 14.6. The van der Waals surface area contributed by atoms with Gasteiger partial charge in [0.1, 0.15) is 17.2 Å². The van der Waals surface area contributed by atoms with Crippen molar-refractivity contribution in [3.05, 3.63) is 123 Å². The predicted octanol–water partition coefficient (Wildman–Crippen LogP) is 8.95.